The summed E-state index contributed by atoms with van der Waals surface area (Å²) in [5.74, 6) is 0.494. The van der Waals surface area contributed by atoms with Crippen LogP contribution >= 0.6 is 15.9 Å². The molecule has 7 heteroatoms. The van der Waals surface area contributed by atoms with Gasteiger partial charge in [-0.15, -0.1) is 0 Å². The molecular formula is C17H20BrFN4O. The number of hydrogen-bond donors (Lipinski definition) is 1. The molecule has 2 aromatic rings. The summed E-state index contributed by atoms with van der Waals surface area (Å²) >= 11 is 3.31. The zero-order valence-corrected chi connectivity index (χ0v) is 15.5. The first kappa shape index (κ1) is 18.2. The second-order valence-corrected chi connectivity index (χ2v) is 6.58. The Labute approximate surface area is 149 Å². The Bertz CT molecular complexity index is 723. The van der Waals surface area contributed by atoms with Gasteiger partial charge in [-0.25, -0.2) is 14.2 Å². The van der Waals surface area contributed by atoms with Crippen molar-refractivity contribution < 1.29 is 9.18 Å². The molecule has 2 amide bonds. The topological polar surface area (TPSA) is 48.5 Å². The molecule has 0 bridgehead atoms. The summed E-state index contributed by atoms with van der Waals surface area (Å²) in [6.45, 7) is 0.573. The Morgan fingerprint density at radius 2 is 2.00 bits per heavy atom. The van der Waals surface area contributed by atoms with Crippen molar-refractivity contribution in [3.8, 4) is 0 Å². The van der Waals surface area contributed by atoms with E-state index in [9.17, 15) is 9.18 Å². The van der Waals surface area contributed by atoms with Gasteiger partial charge in [0.15, 0.2) is 0 Å². The molecule has 1 heterocycles. The zero-order chi connectivity index (χ0) is 17.7. The van der Waals surface area contributed by atoms with Crippen LogP contribution < -0.4 is 10.2 Å². The summed E-state index contributed by atoms with van der Waals surface area (Å²) in [5, 5.41) is 2.83. The highest BCUT2D eigenvalue weighted by molar-refractivity contribution is 9.10. The minimum absolute atomic E-state index is 0.191. The van der Waals surface area contributed by atoms with Crippen molar-refractivity contribution in [2.45, 2.75) is 13.1 Å². The lowest BCUT2D eigenvalue weighted by atomic mass is 10.2. The first-order valence-electron chi connectivity index (χ1n) is 7.42. The minimum Gasteiger partial charge on any atom is -0.363 e. The fourth-order valence-electron chi connectivity index (χ4n) is 2.12. The average Bonchev–Trinajstić information content (AvgIpc) is 2.56. The Morgan fingerprint density at radius 1 is 1.25 bits per heavy atom. The SMILES string of the molecule is CN(Cc1cc(Br)ccc1F)C(=O)NCc1ccnc(N(C)C)c1. The van der Waals surface area contributed by atoms with Crippen LogP contribution in [0.2, 0.25) is 0 Å². The van der Waals surface area contributed by atoms with Gasteiger partial charge in [0.2, 0.25) is 0 Å². The molecule has 1 aromatic carbocycles. The molecule has 2 rings (SSSR count). The van der Waals surface area contributed by atoms with E-state index < -0.39 is 0 Å². The highest BCUT2D eigenvalue weighted by Gasteiger charge is 2.12. The molecular weight excluding hydrogens is 375 g/mol. The average molecular weight is 395 g/mol. The van der Waals surface area contributed by atoms with Gasteiger partial charge < -0.3 is 15.1 Å². The van der Waals surface area contributed by atoms with Crippen molar-refractivity contribution in [3.63, 3.8) is 0 Å². The molecule has 1 N–H and O–H groups in total. The lowest BCUT2D eigenvalue weighted by Crippen LogP contribution is -2.36. The Kier molecular flexibility index (Phi) is 6.14. The molecule has 0 atom stereocenters. The number of halogens is 2. The lowest BCUT2D eigenvalue weighted by molar-refractivity contribution is 0.206. The number of rotatable bonds is 5. The fraction of sp³-hybridized carbons (Fsp3) is 0.294. The number of benzene rings is 1. The van der Waals surface area contributed by atoms with Crippen LogP contribution in [0.3, 0.4) is 0 Å². The molecule has 0 unspecified atom stereocenters. The number of anilines is 1. The van der Waals surface area contributed by atoms with Crippen LogP contribution in [-0.2, 0) is 13.1 Å². The summed E-state index contributed by atoms with van der Waals surface area (Å²) < 4.78 is 14.6. The normalized spacial score (nSPS) is 10.4. The van der Waals surface area contributed by atoms with Gasteiger partial charge in [0.05, 0.1) is 0 Å². The lowest BCUT2D eigenvalue weighted by Gasteiger charge is -2.19. The summed E-state index contributed by atoms with van der Waals surface area (Å²) in [6, 6.07) is 8.17. The molecule has 5 nitrogen and oxygen atoms in total. The van der Waals surface area contributed by atoms with Crippen molar-refractivity contribution in [1.29, 1.82) is 0 Å². The summed E-state index contributed by atoms with van der Waals surface area (Å²) in [6.07, 6.45) is 1.71. The van der Waals surface area contributed by atoms with Gasteiger partial charge >= 0.3 is 6.03 Å². The molecule has 0 saturated heterocycles. The van der Waals surface area contributed by atoms with Gasteiger partial charge in [0.25, 0.3) is 0 Å². The number of pyridine rings is 1. The van der Waals surface area contributed by atoms with Gasteiger partial charge in [0, 0.05) is 50.5 Å². The van der Waals surface area contributed by atoms with Crippen molar-refractivity contribution in [1.82, 2.24) is 15.2 Å². The highest BCUT2D eigenvalue weighted by Crippen LogP contribution is 2.17. The number of urea groups is 1. The molecule has 0 saturated carbocycles. The number of hydrogen-bond acceptors (Lipinski definition) is 3. The van der Waals surface area contributed by atoms with Gasteiger partial charge in [-0.2, -0.15) is 0 Å². The largest absolute Gasteiger partial charge is 0.363 e. The number of carbonyl (C=O) groups is 1. The van der Waals surface area contributed by atoms with E-state index in [4.69, 9.17) is 0 Å². The highest BCUT2D eigenvalue weighted by atomic mass is 79.9. The van der Waals surface area contributed by atoms with E-state index in [2.05, 4.69) is 26.2 Å². The molecule has 1 aromatic heterocycles. The van der Waals surface area contributed by atoms with Gasteiger partial charge in [-0.1, -0.05) is 15.9 Å². The van der Waals surface area contributed by atoms with Crippen LogP contribution in [-0.4, -0.2) is 37.1 Å². The Morgan fingerprint density at radius 3 is 2.71 bits per heavy atom. The minimum atomic E-state index is -0.331. The summed E-state index contributed by atoms with van der Waals surface area (Å²) in [5.41, 5.74) is 1.41. The number of aromatic nitrogens is 1. The molecule has 0 aliphatic heterocycles. The van der Waals surface area contributed by atoms with Crippen LogP contribution in [0, 0.1) is 5.82 Å². The zero-order valence-electron chi connectivity index (χ0n) is 13.9. The monoisotopic (exact) mass is 394 g/mol. The van der Waals surface area contributed by atoms with Gasteiger partial charge in [-0.3, -0.25) is 0 Å². The number of carbonyl (C=O) groups excluding carboxylic acids is 1. The van der Waals surface area contributed by atoms with E-state index in [0.29, 0.717) is 12.1 Å². The standard InChI is InChI=1S/C17H20BrFN4O/c1-22(2)16-8-12(6-7-20-16)10-21-17(24)23(3)11-13-9-14(18)4-5-15(13)19/h4-9H,10-11H2,1-3H3,(H,21,24). The number of nitrogens with one attached hydrogen (secondary N) is 1. The van der Waals surface area contributed by atoms with Gasteiger partial charge in [-0.05, 0) is 35.9 Å². The molecule has 0 spiro atoms. The van der Waals surface area contributed by atoms with Crippen LogP contribution in [0.15, 0.2) is 41.0 Å². The van der Waals surface area contributed by atoms with Crippen molar-refractivity contribution in [3.05, 3.63) is 57.9 Å². The molecule has 0 radical (unpaired) electrons. The number of amides is 2. The predicted octanol–water partition coefficient (Wildman–Crippen LogP) is 3.39. The quantitative estimate of drug-likeness (QED) is 0.845. The smallest absolute Gasteiger partial charge is 0.317 e. The maximum absolute atomic E-state index is 13.8. The second kappa shape index (κ2) is 8.10. The first-order valence-corrected chi connectivity index (χ1v) is 8.21. The maximum atomic E-state index is 13.8. The van der Waals surface area contributed by atoms with Crippen LogP contribution in [0.5, 0.6) is 0 Å². The fourth-order valence-corrected chi connectivity index (χ4v) is 2.53. The van der Waals surface area contributed by atoms with Gasteiger partial charge in [0.1, 0.15) is 11.6 Å². The molecule has 128 valence electrons. The summed E-state index contributed by atoms with van der Waals surface area (Å²) in [4.78, 5) is 19.8. The third kappa shape index (κ3) is 4.92. The van der Waals surface area contributed by atoms with E-state index in [0.717, 1.165) is 15.9 Å². The van der Waals surface area contributed by atoms with Crippen LogP contribution in [0.1, 0.15) is 11.1 Å². The maximum Gasteiger partial charge on any atom is 0.317 e. The predicted molar refractivity (Wildman–Crippen MR) is 96.4 cm³/mol. The molecule has 0 aliphatic rings. The third-order valence-corrected chi connectivity index (χ3v) is 3.97. The van der Waals surface area contributed by atoms with E-state index in [1.807, 2.05) is 31.1 Å². The van der Waals surface area contributed by atoms with Crippen molar-refractivity contribution in [2.24, 2.45) is 0 Å². The Hall–Kier alpha value is -2.15. The molecule has 24 heavy (non-hydrogen) atoms. The number of nitrogens with zero attached hydrogens (tertiary/aromatic N) is 3. The van der Waals surface area contributed by atoms with E-state index in [1.54, 1.807) is 25.4 Å². The van der Waals surface area contributed by atoms with E-state index in [-0.39, 0.29) is 18.4 Å². The van der Waals surface area contributed by atoms with Crippen molar-refractivity contribution >= 4 is 27.8 Å². The molecule has 0 fully saturated rings. The van der Waals surface area contributed by atoms with Crippen LogP contribution in [0.25, 0.3) is 0 Å². The van der Waals surface area contributed by atoms with E-state index >= 15 is 0 Å². The van der Waals surface area contributed by atoms with Crippen LogP contribution in [0.4, 0.5) is 15.0 Å². The second-order valence-electron chi connectivity index (χ2n) is 5.67. The van der Waals surface area contributed by atoms with E-state index in [1.165, 1.54) is 11.0 Å². The molecule has 0 aliphatic carbocycles. The summed E-state index contributed by atoms with van der Waals surface area (Å²) in [7, 11) is 5.45. The third-order valence-electron chi connectivity index (χ3n) is 3.47. The van der Waals surface area contributed by atoms with Crippen molar-refractivity contribution in [2.75, 3.05) is 26.0 Å². The Balaban J connectivity index is 1.94. The first-order chi connectivity index (χ1) is 11.4.